The molecule has 2 aromatic rings. The molecule has 0 saturated heterocycles. The van der Waals surface area contributed by atoms with Crippen LogP contribution in [-0.4, -0.2) is 32.2 Å². The number of ether oxygens (including phenoxy) is 3. The largest absolute Gasteiger partial charge is 0.522 e. The minimum Gasteiger partial charge on any atom is -0.497 e. The van der Waals surface area contributed by atoms with Gasteiger partial charge in [0.05, 0.1) is 19.3 Å². The van der Waals surface area contributed by atoms with Crippen LogP contribution in [0.4, 0.5) is 17.6 Å². The Kier molecular flexibility index (Phi) is 7.18. The average Bonchev–Trinajstić information content (AvgIpc) is 2.65. The Labute approximate surface area is 153 Å². The van der Waals surface area contributed by atoms with E-state index in [4.69, 9.17) is 9.47 Å². The molecule has 0 saturated carbocycles. The van der Waals surface area contributed by atoms with Crippen LogP contribution in [0.25, 0.3) is 0 Å². The van der Waals surface area contributed by atoms with Crippen LogP contribution in [-0.2, 0) is 11.2 Å². The van der Waals surface area contributed by atoms with Crippen molar-refractivity contribution in [1.29, 1.82) is 0 Å². The fourth-order valence-corrected chi connectivity index (χ4v) is 2.21. The quantitative estimate of drug-likeness (QED) is 0.374. The standard InChI is InChI=1S/C19H18F4O4/c1-25-16-10-5-14(6-11-16)18(24)27-17-8-3-13(4-9-17)2-7-15(20)12-26-19(21,22)23/h3-6,8-11,15H,2,7,12H2,1H3. The Bertz CT molecular complexity index is 727. The lowest BCUT2D eigenvalue weighted by Crippen LogP contribution is -2.20. The van der Waals surface area contributed by atoms with Gasteiger partial charge in [0.1, 0.15) is 17.7 Å². The minimum atomic E-state index is -4.83. The first kappa shape index (κ1) is 20.7. The molecule has 0 aliphatic carbocycles. The zero-order valence-electron chi connectivity index (χ0n) is 14.5. The number of rotatable bonds is 8. The number of carbonyl (C=O) groups is 1. The predicted molar refractivity (Wildman–Crippen MR) is 89.6 cm³/mol. The van der Waals surface area contributed by atoms with Crippen LogP contribution < -0.4 is 9.47 Å². The average molecular weight is 386 g/mol. The summed E-state index contributed by atoms with van der Waals surface area (Å²) in [6, 6.07) is 12.7. The fraction of sp³-hybridized carbons (Fsp3) is 0.316. The molecule has 0 aliphatic heterocycles. The second-order valence-electron chi connectivity index (χ2n) is 5.65. The topological polar surface area (TPSA) is 44.8 Å². The number of methoxy groups -OCH3 is 1. The SMILES string of the molecule is COc1ccc(C(=O)Oc2ccc(CCC(F)COC(F)(F)F)cc2)cc1. The molecule has 0 fully saturated rings. The van der Waals surface area contributed by atoms with Crippen molar-refractivity contribution in [1.82, 2.24) is 0 Å². The van der Waals surface area contributed by atoms with Gasteiger partial charge in [0.2, 0.25) is 0 Å². The van der Waals surface area contributed by atoms with Crippen LogP contribution in [0, 0.1) is 0 Å². The lowest BCUT2D eigenvalue weighted by atomic mass is 10.1. The summed E-state index contributed by atoms with van der Waals surface area (Å²) in [5.41, 5.74) is 1.05. The van der Waals surface area contributed by atoms with Crippen LogP contribution >= 0.6 is 0 Å². The molecule has 0 spiro atoms. The third kappa shape index (κ3) is 7.26. The first-order valence-electron chi connectivity index (χ1n) is 8.07. The molecule has 4 nitrogen and oxygen atoms in total. The number of aryl methyl sites for hydroxylation is 1. The minimum absolute atomic E-state index is 0.110. The molecule has 0 radical (unpaired) electrons. The Morgan fingerprint density at radius 1 is 1.00 bits per heavy atom. The Morgan fingerprint density at radius 3 is 2.15 bits per heavy atom. The number of halogens is 4. The second-order valence-corrected chi connectivity index (χ2v) is 5.65. The van der Waals surface area contributed by atoms with Crippen molar-refractivity contribution in [2.45, 2.75) is 25.4 Å². The van der Waals surface area contributed by atoms with Gasteiger partial charge in [0.25, 0.3) is 0 Å². The Morgan fingerprint density at radius 2 is 1.59 bits per heavy atom. The van der Waals surface area contributed by atoms with E-state index in [1.54, 1.807) is 36.4 Å². The normalized spacial score (nSPS) is 12.5. The third-order valence-corrected chi connectivity index (χ3v) is 3.63. The van der Waals surface area contributed by atoms with Crippen molar-refractivity contribution >= 4 is 5.97 Å². The molecule has 0 amide bonds. The molecule has 0 bridgehead atoms. The van der Waals surface area contributed by atoms with Crippen molar-refractivity contribution in [2.24, 2.45) is 0 Å². The molecule has 0 aromatic heterocycles. The summed E-state index contributed by atoms with van der Waals surface area (Å²) in [5, 5.41) is 0. The highest BCUT2D eigenvalue weighted by molar-refractivity contribution is 5.91. The van der Waals surface area contributed by atoms with Crippen molar-refractivity contribution in [3.05, 3.63) is 59.7 Å². The molecule has 0 heterocycles. The molecule has 146 valence electrons. The van der Waals surface area contributed by atoms with Gasteiger partial charge in [-0.1, -0.05) is 12.1 Å². The molecule has 8 heteroatoms. The van der Waals surface area contributed by atoms with Crippen LogP contribution in [0.1, 0.15) is 22.3 Å². The van der Waals surface area contributed by atoms with Gasteiger partial charge in [-0.05, 0) is 54.8 Å². The maximum atomic E-state index is 13.4. The maximum absolute atomic E-state index is 13.4. The summed E-state index contributed by atoms with van der Waals surface area (Å²) in [7, 11) is 1.52. The predicted octanol–water partition coefficient (Wildman–Crippen LogP) is 4.72. The molecule has 1 atom stereocenters. The third-order valence-electron chi connectivity index (χ3n) is 3.63. The fourth-order valence-electron chi connectivity index (χ4n) is 2.21. The number of alkyl halides is 4. The molecule has 0 aliphatic rings. The number of carbonyl (C=O) groups excluding carboxylic acids is 1. The second kappa shape index (κ2) is 9.36. The molecule has 2 rings (SSSR count). The molecule has 1 unspecified atom stereocenters. The highest BCUT2D eigenvalue weighted by Crippen LogP contribution is 2.20. The smallest absolute Gasteiger partial charge is 0.497 e. The molecule has 0 N–H and O–H groups in total. The summed E-state index contributed by atoms with van der Waals surface area (Å²) in [4.78, 5) is 12.0. The number of hydrogen-bond acceptors (Lipinski definition) is 4. The molecular formula is C19H18F4O4. The van der Waals surface area contributed by atoms with Gasteiger partial charge in [-0.25, -0.2) is 9.18 Å². The van der Waals surface area contributed by atoms with Crippen LogP contribution in [0.5, 0.6) is 11.5 Å². The summed E-state index contributed by atoms with van der Waals surface area (Å²) in [6.07, 6.45) is -6.44. The lowest BCUT2D eigenvalue weighted by Gasteiger charge is -2.11. The van der Waals surface area contributed by atoms with Crippen LogP contribution in [0.2, 0.25) is 0 Å². The van der Waals surface area contributed by atoms with Gasteiger partial charge >= 0.3 is 12.3 Å². The van der Waals surface area contributed by atoms with Crippen molar-refractivity contribution in [2.75, 3.05) is 13.7 Å². The van der Waals surface area contributed by atoms with Crippen molar-refractivity contribution in [3.63, 3.8) is 0 Å². The maximum Gasteiger partial charge on any atom is 0.522 e. The van der Waals surface area contributed by atoms with Gasteiger partial charge in [0, 0.05) is 0 Å². The van der Waals surface area contributed by atoms with E-state index in [-0.39, 0.29) is 12.8 Å². The van der Waals surface area contributed by atoms with E-state index in [0.29, 0.717) is 22.6 Å². The van der Waals surface area contributed by atoms with E-state index in [0.717, 1.165) is 0 Å². The van der Waals surface area contributed by atoms with Gasteiger partial charge in [-0.2, -0.15) is 0 Å². The zero-order valence-corrected chi connectivity index (χ0v) is 14.5. The lowest BCUT2D eigenvalue weighted by molar-refractivity contribution is -0.328. The Balaban J connectivity index is 1.82. The van der Waals surface area contributed by atoms with E-state index in [9.17, 15) is 22.4 Å². The Hall–Kier alpha value is -2.61. The molecule has 2 aromatic carbocycles. The first-order valence-corrected chi connectivity index (χ1v) is 8.07. The summed E-state index contributed by atoms with van der Waals surface area (Å²) in [6.45, 7) is -1.03. The number of hydrogen-bond donors (Lipinski definition) is 0. The molecule has 27 heavy (non-hydrogen) atoms. The molecular weight excluding hydrogens is 368 g/mol. The van der Waals surface area contributed by atoms with Gasteiger partial charge in [-0.3, -0.25) is 4.74 Å². The van der Waals surface area contributed by atoms with E-state index in [1.165, 1.54) is 19.2 Å². The van der Waals surface area contributed by atoms with Gasteiger partial charge in [-0.15, -0.1) is 13.2 Å². The van der Waals surface area contributed by atoms with Gasteiger partial charge < -0.3 is 9.47 Å². The van der Waals surface area contributed by atoms with Crippen molar-refractivity contribution in [3.8, 4) is 11.5 Å². The first-order chi connectivity index (χ1) is 12.8. The van der Waals surface area contributed by atoms with E-state index < -0.39 is 25.1 Å². The summed E-state index contributed by atoms with van der Waals surface area (Å²) < 4.78 is 62.7. The van der Waals surface area contributed by atoms with Gasteiger partial charge in [0.15, 0.2) is 0 Å². The highest BCUT2D eigenvalue weighted by atomic mass is 19.4. The van der Waals surface area contributed by atoms with Crippen molar-refractivity contribution < 1.29 is 36.6 Å². The van der Waals surface area contributed by atoms with Crippen LogP contribution in [0.3, 0.4) is 0 Å². The zero-order chi connectivity index (χ0) is 19.9. The van der Waals surface area contributed by atoms with E-state index in [2.05, 4.69) is 4.74 Å². The number of esters is 1. The van der Waals surface area contributed by atoms with Crippen LogP contribution in [0.15, 0.2) is 48.5 Å². The van der Waals surface area contributed by atoms with E-state index >= 15 is 0 Å². The monoisotopic (exact) mass is 386 g/mol. The van der Waals surface area contributed by atoms with E-state index in [1.807, 2.05) is 0 Å². The highest BCUT2D eigenvalue weighted by Gasteiger charge is 2.30. The summed E-state index contributed by atoms with van der Waals surface area (Å²) in [5.74, 6) is 0.373. The summed E-state index contributed by atoms with van der Waals surface area (Å²) >= 11 is 0. The number of benzene rings is 2.